The number of nitro groups is 1. The summed E-state index contributed by atoms with van der Waals surface area (Å²) >= 11 is 0. The average Bonchev–Trinajstić information content (AvgIpc) is 2.84. The molecule has 5 heteroatoms. The Morgan fingerprint density at radius 1 is 1.15 bits per heavy atom. The van der Waals surface area contributed by atoms with Crippen LogP contribution in [0, 0.1) is 17.0 Å². The van der Waals surface area contributed by atoms with E-state index in [4.69, 9.17) is 0 Å². The molecule has 0 atom stereocenters. The third kappa shape index (κ3) is 2.25. The molecule has 20 heavy (non-hydrogen) atoms. The number of imidazole rings is 1. The Labute approximate surface area is 116 Å². The molecule has 0 aliphatic heterocycles. The summed E-state index contributed by atoms with van der Waals surface area (Å²) in [7, 11) is 0. The fourth-order valence-electron chi connectivity index (χ4n) is 2.05. The monoisotopic (exact) mass is 269 g/mol. The highest BCUT2D eigenvalue weighted by molar-refractivity contribution is 5.82. The minimum atomic E-state index is -0.410. The van der Waals surface area contributed by atoms with E-state index < -0.39 is 4.92 Å². The van der Waals surface area contributed by atoms with Crippen molar-refractivity contribution in [2.24, 2.45) is 0 Å². The summed E-state index contributed by atoms with van der Waals surface area (Å²) in [6, 6.07) is 12.3. The zero-order valence-corrected chi connectivity index (χ0v) is 10.3. The van der Waals surface area contributed by atoms with Gasteiger partial charge in [-0.15, -0.1) is 0 Å². The van der Waals surface area contributed by atoms with Gasteiger partial charge in [0, 0.05) is 17.7 Å². The molecular formula is C15H15N3O2. The zero-order valence-electron chi connectivity index (χ0n) is 10.3. The Balaban J connectivity index is 0.00000147. The molecule has 1 aromatic heterocycles. The molecule has 2 aromatic carbocycles. The van der Waals surface area contributed by atoms with Crippen LogP contribution < -0.4 is 0 Å². The van der Waals surface area contributed by atoms with Crippen molar-refractivity contribution in [2.45, 2.75) is 14.4 Å². The van der Waals surface area contributed by atoms with Crippen LogP contribution in [-0.4, -0.2) is 14.9 Å². The quantitative estimate of drug-likeness (QED) is 0.562. The highest BCUT2D eigenvalue weighted by Crippen LogP contribution is 2.24. The number of hydrogen-bond donors (Lipinski definition) is 1. The number of para-hydroxylation sites is 1. The molecule has 1 N–H and O–H groups in total. The predicted octanol–water partition coefficient (Wildman–Crippen LogP) is 4.08. The molecule has 0 aliphatic carbocycles. The maximum Gasteiger partial charge on any atom is 0.269 e. The standard InChI is InChI=1S/C14H11N3O2.CH4/c1-9-3-2-4-12-13(9)16-14(15-12)10-5-7-11(8-6-10)17(18)19;/h2-8H,1H3,(H,15,16);1H4. The number of hydrogen-bond acceptors (Lipinski definition) is 3. The van der Waals surface area contributed by atoms with Crippen molar-refractivity contribution in [1.29, 1.82) is 0 Å². The third-order valence-corrected chi connectivity index (χ3v) is 3.07. The van der Waals surface area contributed by atoms with Gasteiger partial charge in [-0.05, 0) is 30.7 Å². The van der Waals surface area contributed by atoms with Crippen LogP contribution in [-0.2, 0) is 0 Å². The van der Waals surface area contributed by atoms with Gasteiger partial charge in [0.05, 0.1) is 16.0 Å². The summed E-state index contributed by atoms with van der Waals surface area (Å²) in [4.78, 5) is 18.0. The molecule has 0 saturated heterocycles. The van der Waals surface area contributed by atoms with Gasteiger partial charge in [-0.3, -0.25) is 10.1 Å². The van der Waals surface area contributed by atoms with Gasteiger partial charge in [0.25, 0.3) is 5.69 Å². The largest absolute Gasteiger partial charge is 0.338 e. The second kappa shape index (κ2) is 5.13. The fourth-order valence-corrected chi connectivity index (χ4v) is 2.05. The minimum Gasteiger partial charge on any atom is -0.338 e. The van der Waals surface area contributed by atoms with Gasteiger partial charge in [-0.25, -0.2) is 4.98 Å². The second-order valence-corrected chi connectivity index (χ2v) is 4.36. The summed E-state index contributed by atoms with van der Waals surface area (Å²) in [5.74, 6) is 0.721. The maximum absolute atomic E-state index is 10.6. The van der Waals surface area contributed by atoms with Gasteiger partial charge < -0.3 is 4.98 Å². The summed E-state index contributed by atoms with van der Waals surface area (Å²) in [6.45, 7) is 2.00. The summed E-state index contributed by atoms with van der Waals surface area (Å²) < 4.78 is 0. The number of H-pyrrole nitrogens is 1. The van der Waals surface area contributed by atoms with Gasteiger partial charge in [-0.1, -0.05) is 19.6 Å². The lowest BCUT2D eigenvalue weighted by atomic mass is 10.2. The fraction of sp³-hybridized carbons (Fsp3) is 0.133. The molecule has 0 unspecified atom stereocenters. The summed E-state index contributed by atoms with van der Waals surface area (Å²) in [6.07, 6.45) is 0. The van der Waals surface area contributed by atoms with Crippen LogP contribution >= 0.6 is 0 Å². The number of benzene rings is 2. The maximum atomic E-state index is 10.6. The number of nitrogens with one attached hydrogen (secondary N) is 1. The summed E-state index contributed by atoms with van der Waals surface area (Å²) in [5, 5.41) is 10.6. The number of rotatable bonds is 2. The first-order valence-electron chi connectivity index (χ1n) is 5.85. The topological polar surface area (TPSA) is 71.8 Å². The van der Waals surface area contributed by atoms with Gasteiger partial charge in [0.2, 0.25) is 0 Å². The second-order valence-electron chi connectivity index (χ2n) is 4.36. The number of nitrogens with zero attached hydrogens (tertiary/aromatic N) is 2. The van der Waals surface area contributed by atoms with Crippen molar-refractivity contribution >= 4 is 16.7 Å². The highest BCUT2D eigenvalue weighted by atomic mass is 16.6. The van der Waals surface area contributed by atoms with Crippen LogP contribution in [0.4, 0.5) is 5.69 Å². The van der Waals surface area contributed by atoms with Gasteiger partial charge in [0.1, 0.15) is 5.82 Å². The Hall–Kier alpha value is -2.69. The third-order valence-electron chi connectivity index (χ3n) is 3.07. The molecule has 0 aliphatic rings. The lowest BCUT2D eigenvalue weighted by Crippen LogP contribution is -1.87. The summed E-state index contributed by atoms with van der Waals surface area (Å²) in [5.41, 5.74) is 3.91. The van der Waals surface area contributed by atoms with Gasteiger partial charge in [0.15, 0.2) is 0 Å². The Morgan fingerprint density at radius 3 is 2.45 bits per heavy atom. The van der Waals surface area contributed by atoms with E-state index >= 15 is 0 Å². The van der Waals surface area contributed by atoms with Gasteiger partial charge in [-0.2, -0.15) is 0 Å². The first-order valence-corrected chi connectivity index (χ1v) is 5.85. The first-order chi connectivity index (χ1) is 9.15. The van der Waals surface area contributed by atoms with E-state index in [0.29, 0.717) is 0 Å². The molecule has 102 valence electrons. The Morgan fingerprint density at radius 2 is 1.85 bits per heavy atom. The Bertz CT molecular complexity index is 760. The molecule has 0 fully saturated rings. The molecule has 1 heterocycles. The predicted molar refractivity (Wildman–Crippen MR) is 79.7 cm³/mol. The van der Waals surface area contributed by atoms with E-state index in [0.717, 1.165) is 28.0 Å². The molecule has 5 nitrogen and oxygen atoms in total. The lowest BCUT2D eigenvalue weighted by Gasteiger charge is -1.95. The molecule has 3 aromatic rings. The first kappa shape index (κ1) is 13.7. The minimum absolute atomic E-state index is 0. The number of non-ortho nitro benzene ring substituents is 1. The molecule has 0 bridgehead atoms. The molecule has 0 spiro atoms. The van der Waals surface area contributed by atoms with E-state index in [2.05, 4.69) is 9.97 Å². The number of nitro benzene ring substituents is 1. The van der Waals surface area contributed by atoms with E-state index in [1.54, 1.807) is 12.1 Å². The van der Waals surface area contributed by atoms with E-state index in [-0.39, 0.29) is 13.1 Å². The van der Waals surface area contributed by atoms with Crippen molar-refractivity contribution in [2.75, 3.05) is 0 Å². The Kier molecular flexibility index (Phi) is 3.52. The van der Waals surface area contributed by atoms with Crippen molar-refractivity contribution in [1.82, 2.24) is 9.97 Å². The SMILES string of the molecule is C.Cc1cccc2[nH]c(-c3ccc([N+](=O)[O-])cc3)nc12. The number of fused-ring (bicyclic) bond motifs is 1. The number of aryl methyl sites for hydroxylation is 1. The normalized spacial score (nSPS) is 10.2. The van der Waals surface area contributed by atoms with Crippen molar-refractivity contribution in [3.05, 3.63) is 58.1 Å². The molecule has 0 radical (unpaired) electrons. The van der Waals surface area contributed by atoms with Crippen LogP contribution in [0.3, 0.4) is 0 Å². The van der Waals surface area contributed by atoms with Crippen LogP contribution in [0.5, 0.6) is 0 Å². The smallest absolute Gasteiger partial charge is 0.269 e. The van der Waals surface area contributed by atoms with E-state index in [1.807, 2.05) is 25.1 Å². The van der Waals surface area contributed by atoms with Gasteiger partial charge >= 0.3 is 0 Å². The van der Waals surface area contributed by atoms with Crippen LogP contribution in [0.1, 0.15) is 13.0 Å². The lowest BCUT2D eigenvalue weighted by molar-refractivity contribution is -0.384. The highest BCUT2D eigenvalue weighted by Gasteiger charge is 2.09. The van der Waals surface area contributed by atoms with Crippen LogP contribution in [0.25, 0.3) is 22.4 Å². The van der Waals surface area contributed by atoms with E-state index in [1.165, 1.54) is 12.1 Å². The average molecular weight is 269 g/mol. The molecule has 0 saturated carbocycles. The van der Waals surface area contributed by atoms with E-state index in [9.17, 15) is 10.1 Å². The van der Waals surface area contributed by atoms with Crippen LogP contribution in [0.2, 0.25) is 0 Å². The number of aromatic amines is 1. The molecule has 3 rings (SSSR count). The zero-order chi connectivity index (χ0) is 13.4. The number of aromatic nitrogens is 2. The van der Waals surface area contributed by atoms with Crippen molar-refractivity contribution in [3.63, 3.8) is 0 Å². The molecule has 0 amide bonds. The van der Waals surface area contributed by atoms with Crippen molar-refractivity contribution in [3.8, 4) is 11.4 Å². The van der Waals surface area contributed by atoms with Crippen molar-refractivity contribution < 1.29 is 4.92 Å². The molecular weight excluding hydrogens is 254 g/mol. The van der Waals surface area contributed by atoms with Crippen LogP contribution in [0.15, 0.2) is 42.5 Å².